The van der Waals surface area contributed by atoms with E-state index in [0.29, 0.717) is 5.82 Å². The number of nitrogen functional groups attached to an aromatic ring is 1. The van der Waals surface area contributed by atoms with Crippen LogP contribution in [0, 0.1) is 6.92 Å². The lowest BCUT2D eigenvalue weighted by atomic mass is 10.2. The van der Waals surface area contributed by atoms with Gasteiger partial charge in [-0.15, -0.1) is 0 Å². The van der Waals surface area contributed by atoms with Crippen LogP contribution in [0.5, 0.6) is 0 Å². The van der Waals surface area contributed by atoms with E-state index in [1.165, 1.54) is 6.33 Å². The molecule has 0 aliphatic heterocycles. The summed E-state index contributed by atoms with van der Waals surface area (Å²) in [6.07, 6.45) is 2.33. The normalized spacial score (nSPS) is 10.7. The fourth-order valence-electron chi connectivity index (χ4n) is 1.71. The summed E-state index contributed by atoms with van der Waals surface area (Å²) in [4.78, 5) is 8.43. The van der Waals surface area contributed by atoms with Crippen molar-refractivity contribution < 1.29 is 0 Å². The number of rotatable bonds is 4. The molecule has 0 fully saturated rings. The average molecular weight is 264 g/mol. The zero-order chi connectivity index (χ0) is 13.1. The molecule has 0 amide bonds. The average Bonchev–Trinajstić information content (AvgIpc) is 2.67. The van der Waals surface area contributed by atoms with Gasteiger partial charge in [0.25, 0.3) is 0 Å². The molecule has 3 N–H and O–H groups in total. The molecule has 2 rings (SSSR count). The molecule has 0 aromatic carbocycles. The largest absolute Gasteiger partial charge is 0.308 e. The smallest absolute Gasteiger partial charge is 0.147 e. The molecule has 96 valence electrons. The van der Waals surface area contributed by atoms with Gasteiger partial charge in [0.05, 0.1) is 5.69 Å². The maximum absolute atomic E-state index is 5.46. The van der Waals surface area contributed by atoms with Crippen molar-refractivity contribution in [2.45, 2.75) is 30.3 Å². The lowest BCUT2D eigenvalue weighted by Gasteiger charge is -2.10. The molecule has 0 atom stereocenters. The van der Waals surface area contributed by atoms with Crippen LogP contribution in [0.4, 0.5) is 5.82 Å². The highest BCUT2D eigenvalue weighted by Gasteiger charge is 2.12. The van der Waals surface area contributed by atoms with E-state index in [0.717, 1.165) is 27.7 Å². The molecule has 0 aliphatic carbocycles. The monoisotopic (exact) mass is 264 g/mol. The first-order valence-corrected chi connectivity index (χ1v) is 6.46. The van der Waals surface area contributed by atoms with Crippen molar-refractivity contribution in [3.05, 3.63) is 23.7 Å². The molecular weight excluding hydrogens is 248 g/mol. The topological polar surface area (TPSA) is 81.7 Å². The predicted molar refractivity (Wildman–Crippen MR) is 71.3 cm³/mol. The van der Waals surface area contributed by atoms with Crippen LogP contribution in [0.3, 0.4) is 0 Å². The molecule has 2 aromatic heterocycles. The van der Waals surface area contributed by atoms with Gasteiger partial charge in [0.1, 0.15) is 22.2 Å². The Morgan fingerprint density at radius 2 is 2.22 bits per heavy atom. The summed E-state index contributed by atoms with van der Waals surface area (Å²) in [7, 11) is 1.92. The Bertz CT molecular complexity index is 550. The molecule has 18 heavy (non-hydrogen) atoms. The number of nitrogens with two attached hydrogens (primary N) is 1. The van der Waals surface area contributed by atoms with Crippen LogP contribution in [-0.4, -0.2) is 19.7 Å². The minimum absolute atomic E-state index is 0.675. The zero-order valence-corrected chi connectivity index (χ0v) is 11.5. The zero-order valence-electron chi connectivity index (χ0n) is 10.6. The van der Waals surface area contributed by atoms with Gasteiger partial charge in [-0.2, -0.15) is 5.10 Å². The van der Waals surface area contributed by atoms with Gasteiger partial charge in [0, 0.05) is 12.6 Å². The molecule has 0 spiro atoms. The number of aryl methyl sites for hydroxylation is 2. The highest BCUT2D eigenvalue weighted by Crippen LogP contribution is 2.31. The Balaban J connectivity index is 2.37. The fraction of sp³-hybridized carbons (Fsp3) is 0.364. The summed E-state index contributed by atoms with van der Waals surface area (Å²) in [5.74, 6) is 6.13. The Hall–Kier alpha value is -1.60. The molecule has 0 radical (unpaired) electrons. The standard InChI is InChI=1S/C11H16N6S/c1-4-8-10(15-12)13-6-14-11(8)18-9-5-7(2)16-17(9)3/h5-6H,4,12H2,1-3H3,(H,13,14,15). The van der Waals surface area contributed by atoms with E-state index in [2.05, 4.69) is 27.4 Å². The van der Waals surface area contributed by atoms with E-state index in [4.69, 9.17) is 5.84 Å². The van der Waals surface area contributed by atoms with Crippen LogP contribution in [0.15, 0.2) is 22.4 Å². The van der Waals surface area contributed by atoms with Crippen LogP contribution < -0.4 is 11.3 Å². The summed E-state index contributed by atoms with van der Waals surface area (Å²) in [5.41, 5.74) is 4.61. The van der Waals surface area contributed by atoms with Gasteiger partial charge < -0.3 is 5.43 Å². The first-order valence-electron chi connectivity index (χ1n) is 5.64. The number of aromatic nitrogens is 4. The second-order valence-corrected chi connectivity index (χ2v) is 4.86. The van der Waals surface area contributed by atoms with E-state index >= 15 is 0 Å². The highest BCUT2D eigenvalue weighted by molar-refractivity contribution is 7.99. The van der Waals surface area contributed by atoms with Crippen molar-refractivity contribution in [1.82, 2.24) is 19.7 Å². The summed E-state index contributed by atoms with van der Waals surface area (Å²) in [6, 6.07) is 2.03. The van der Waals surface area contributed by atoms with Crippen LogP contribution in [0.2, 0.25) is 0 Å². The molecule has 2 aromatic rings. The number of hydrogen-bond acceptors (Lipinski definition) is 6. The number of anilines is 1. The molecule has 0 saturated heterocycles. The third kappa shape index (κ3) is 2.46. The summed E-state index contributed by atoms with van der Waals surface area (Å²) >= 11 is 1.57. The molecule has 7 heteroatoms. The molecule has 6 nitrogen and oxygen atoms in total. The Morgan fingerprint density at radius 1 is 1.44 bits per heavy atom. The fourth-order valence-corrected chi connectivity index (χ4v) is 2.77. The third-order valence-corrected chi connectivity index (χ3v) is 3.69. The van der Waals surface area contributed by atoms with E-state index in [1.54, 1.807) is 11.8 Å². The van der Waals surface area contributed by atoms with Gasteiger partial charge in [-0.1, -0.05) is 6.92 Å². The van der Waals surface area contributed by atoms with Crippen LogP contribution in [-0.2, 0) is 13.5 Å². The highest BCUT2D eigenvalue weighted by atomic mass is 32.2. The van der Waals surface area contributed by atoms with Gasteiger partial charge in [0.2, 0.25) is 0 Å². The van der Waals surface area contributed by atoms with Crippen LogP contribution in [0.25, 0.3) is 0 Å². The van der Waals surface area contributed by atoms with Crippen molar-refractivity contribution in [3.63, 3.8) is 0 Å². The summed E-state index contributed by atoms with van der Waals surface area (Å²) in [6.45, 7) is 4.02. The van der Waals surface area contributed by atoms with Crippen LogP contribution >= 0.6 is 11.8 Å². The Labute approximate surface area is 110 Å². The SMILES string of the molecule is CCc1c(NN)ncnc1Sc1cc(C)nn1C. The number of nitrogens with one attached hydrogen (secondary N) is 1. The van der Waals surface area contributed by atoms with Gasteiger partial charge >= 0.3 is 0 Å². The maximum atomic E-state index is 5.46. The summed E-state index contributed by atoms with van der Waals surface area (Å²) in [5, 5.41) is 6.27. The summed E-state index contributed by atoms with van der Waals surface area (Å²) < 4.78 is 1.84. The van der Waals surface area contributed by atoms with E-state index in [9.17, 15) is 0 Å². The second kappa shape index (κ2) is 5.36. The number of nitrogens with zero attached hydrogens (tertiary/aromatic N) is 4. The number of hydrazine groups is 1. The molecule has 0 unspecified atom stereocenters. The minimum atomic E-state index is 0.675. The Kier molecular flexibility index (Phi) is 3.83. The van der Waals surface area contributed by atoms with Gasteiger partial charge in [0.15, 0.2) is 0 Å². The van der Waals surface area contributed by atoms with Crippen molar-refractivity contribution >= 4 is 17.6 Å². The van der Waals surface area contributed by atoms with E-state index in [-0.39, 0.29) is 0 Å². The van der Waals surface area contributed by atoms with Gasteiger partial charge in [-0.05, 0) is 31.2 Å². The van der Waals surface area contributed by atoms with Crippen molar-refractivity contribution in [3.8, 4) is 0 Å². The van der Waals surface area contributed by atoms with Gasteiger partial charge in [-0.25, -0.2) is 15.8 Å². The first-order chi connectivity index (χ1) is 8.65. The quantitative estimate of drug-likeness (QED) is 0.495. The molecular formula is C11H16N6S. The van der Waals surface area contributed by atoms with Crippen molar-refractivity contribution in [2.75, 3.05) is 5.43 Å². The first kappa shape index (κ1) is 12.8. The molecule has 0 bridgehead atoms. The minimum Gasteiger partial charge on any atom is -0.308 e. The predicted octanol–water partition coefficient (Wildman–Crippen LogP) is 1.52. The van der Waals surface area contributed by atoms with Crippen molar-refractivity contribution in [1.29, 1.82) is 0 Å². The molecule has 2 heterocycles. The Morgan fingerprint density at radius 3 is 2.78 bits per heavy atom. The van der Waals surface area contributed by atoms with Crippen molar-refractivity contribution in [2.24, 2.45) is 12.9 Å². The molecule has 0 saturated carbocycles. The van der Waals surface area contributed by atoms with Gasteiger partial charge in [-0.3, -0.25) is 4.68 Å². The second-order valence-electron chi connectivity index (χ2n) is 3.85. The number of hydrogen-bond donors (Lipinski definition) is 2. The third-order valence-electron chi connectivity index (χ3n) is 2.56. The van der Waals surface area contributed by atoms with E-state index in [1.807, 2.05) is 24.7 Å². The molecule has 0 aliphatic rings. The lowest BCUT2D eigenvalue weighted by molar-refractivity contribution is 0.691. The maximum Gasteiger partial charge on any atom is 0.147 e. The van der Waals surface area contributed by atoms with E-state index < -0.39 is 0 Å². The van der Waals surface area contributed by atoms with Crippen LogP contribution in [0.1, 0.15) is 18.2 Å². The lowest BCUT2D eigenvalue weighted by Crippen LogP contribution is -2.12.